The Balaban J connectivity index is 1.79. The van der Waals surface area contributed by atoms with Crippen LogP contribution < -0.4 is 5.56 Å². The predicted molar refractivity (Wildman–Crippen MR) is 87.0 cm³/mol. The van der Waals surface area contributed by atoms with E-state index in [9.17, 15) is 13.2 Å². The maximum atomic E-state index is 12.7. The zero-order valence-corrected chi connectivity index (χ0v) is 13.5. The highest BCUT2D eigenvalue weighted by molar-refractivity contribution is 7.89. The van der Waals surface area contributed by atoms with Gasteiger partial charge in [-0.15, -0.1) is 0 Å². The zero-order chi connectivity index (χ0) is 16.7. The van der Waals surface area contributed by atoms with E-state index in [4.69, 9.17) is 0 Å². The van der Waals surface area contributed by atoms with Gasteiger partial charge in [0.2, 0.25) is 10.0 Å². The van der Waals surface area contributed by atoms with Gasteiger partial charge in [0.15, 0.2) is 0 Å². The summed E-state index contributed by atoms with van der Waals surface area (Å²) in [5, 5.41) is 0. The minimum atomic E-state index is -3.68. The Morgan fingerprint density at radius 1 is 1.12 bits per heavy atom. The largest absolute Gasteiger partial charge is 0.269 e. The van der Waals surface area contributed by atoms with Crippen LogP contribution >= 0.6 is 0 Å². The van der Waals surface area contributed by atoms with E-state index in [2.05, 4.69) is 9.97 Å². The van der Waals surface area contributed by atoms with Crippen molar-refractivity contribution < 1.29 is 8.42 Å². The third-order valence-corrected chi connectivity index (χ3v) is 5.95. The van der Waals surface area contributed by atoms with E-state index < -0.39 is 10.0 Å². The Morgan fingerprint density at radius 3 is 2.79 bits per heavy atom. The average molecular weight is 342 g/mol. The summed E-state index contributed by atoms with van der Waals surface area (Å²) in [6, 6.07) is 8.41. The molecule has 3 aromatic heterocycles. The lowest BCUT2D eigenvalue weighted by Gasteiger charge is -2.27. The van der Waals surface area contributed by atoms with Gasteiger partial charge in [-0.3, -0.25) is 14.2 Å². The highest BCUT2D eigenvalue weighted by atomic mass is 32.2. The highest BCUT2D eigenvalue weighted by Crippen LogP contribution is 2.22. The molecule has 0 fully saturated rings. The van der Waals surface area contributed by atoms with Crippen LogP contribution in [0.15, 0.2) is 58.6 Å². The smallest absolute Gasteiger partial charge is 0.262 e. The SMILES string of the molecule is O=c1c2c(nc3ccccn13)CCN(S(=O)(=O)c1cccnc1)C2. The second-order valence-corrected chi connectivity index (χ2v) is 7.49. The van der Waals surface area contributed by atoms with Crippen molar-refractivity contribution in [1.82, 2.24) is 18.7 Å². The minimum absolute atomic E-state index is 0.0240. The molecule has 0 aromatic carbocycles. The molecule has 0 spiro atoms. The Labute approximate surface area is 138 Å². The van der Waals surface area contributed by atoms with Crippen LogP contribution in [0.5, 0.6) is 0 Å². The van der Waals surface area contributed by atoms with Gasteiger partial charge in [-0.2, -0.15) is 4.31 Å². The Kier molecular flexibility index (Phi) is 3.43. The van der Waals surface area contributed by atoms with Gasteiger partial charge >= 0.3 is 0 Å². The van der Waals surface area contributed by atoms with Crippen LogP contribution in [0.4, 0.5) is 0 Å². The molecule has 0 saturated heterocycles. The molecule has 1 aliphatic heterocycles. The monoisotopic (exact) mass is 342 g/mol. The van der Waals surface area contributed by atoms with Crippen molar-refractivity contribution in [3.8, 4) is 0 Å². The fraction of sp³-hybridized carbons (Fsp3) is 0.188. The molecule has 0 saturated carbocycles. The van der Waals surface area contributed by atoms with Crippen molar-refractivity contribution in [2.45, 2.75) is 17.9 Å². The molecule has 24 heavy (non-hydrogen) atoms. The van der Waals surface area contributed by atoms with E-state index in [0.29, 0.717) is 29.9 Å². The standard InChI is InChI=1S/C16H14N4O3S/c21-16-13-11-19(24(22,23)12-4-3-7-17-10-12)9-6-14(13)18-15-5-1-2-8-20(15)16/h1-5,7-8,10H,6,9,11H2. The van der Waals surface area contributed by atoms with Gasteiger partial charge in [0.25, 0.3) is 5.56 Å². The van der Waals surface area contributed by atoms with E-state index in [1.54, 1.807) is 24.4 Å². The van der Waals surface area contributed by atoms with Gasteiger partial charge in [0.1, 0.15) is 10.5 Å². The van der Waals surface area contributed by atoms with E-state index in [0.717, 1.165) is 0 Å². The quantitative estimate of drug-likeness (QED) is 0.689. The van der Waals surface area contributed by atoms with Crippen molar-refractivity contribution in [1.29, 1.82) is 0 Å². The van der Waals surface area contributed by atoms with Crippen molar-refractivity contribution >= 4 is 15.7 Å². The van der Waals surface area contributed by atoms with E-state index in [1.165, 1.54) is 27.2 Å². The second-order valence-electron chi connectivity index (χ2n) is 5.55. The Morgan fingerprint density at radius 2 is 2.00 bits per heavy atom. The van der Waals surface area contributed by atoms with Gasteiger partial charge in [-0.05, 0) is 24.3 Å². The number of sulfonamides is 1. The summed E-state index contributed by atoms with van der Waals surface area (Å²) in [5.74, 6) is 0. The zero-order valence-electron chi connectivity index (χ0n) is 12.7. The summed E-state index contributed by atoms with van der Waals surface area (Å²) >= 11 is 0. The maximum absolute atomic E-state index is 12.7. The molecular formula is C16H14N4O3S. The normalized spacial score (nSPS) is 15.3. The van der Waals surface area contributed by atoms with Crippen molar-refractivity contribution in [3.63, 3.8) is 0 Å². The average Bonchev–Trinajstić information content (AvgIpc) is 2.62. The predicted octanol–water partition coefficient (Wildman–Crippen LogP) is 0.837. The lowest BCUT2D eigenvalue weighted by atomic mass is 10.1. The molecule has 0 radical (unpaired) electrons. The molecule has 122 valence electrons. The molecule has 7 nitrogen and oxygen atoms in total. The third-order valence-electron chi connectivity index (χ3n) is 4.12. The van der Waals surface area contributed by atoms with E-state index >= 15 is 0 Å². The van der Waals surface area contributed by atoms with Gasteiger partial charge in [-0.25, -0.2) is 13.4 Å². The number of pyridine rings is 2. The van der Waals surface area contributed by atoms with Gasteiger partial charge < -0.3 is 0 Å². The van der Waals surface area contributed by atoms with Crippen molar-refractivity contribution in [3.05, 3.63) is 70.5 Å². The van der Waals surface area contributed by atoms with Gasteiger partial charge in [0.05, 0.1) is 11.3 Å². The van der Waals surface area contributed by atoms with Gasteiger partial charge in [0, 0.05) is 38.1 Å². The van der Waals surface area contributed by atoms with Crippen molar-refractivity contribution in [2.75, 3.05) is 6.54 Å². The molecule has 0 unspecified atom stereocenters. The molecule has 4 heterocycles. The lowest BCUT2D eigenvalue weighted by molar-refractivity contribution is 0.385. The molecule has 0 amide bonds. The van der Waals surface area contributed by atoms with Crippen LogP contribution in [0.1, 0.15) is 11.3 Å². The van der Waals surface area contributed by atoms with Crippen molar-refractivity contribution in [2.24, 2.45) is 0 Å². The second kappa shape index (κ2) is 5.50. The molecule has 0 atom stereocenters. The first-order valence-corrected chi connectivity index (χ1v) is 8.91. The van der Waals surface area contributed by atoms with Crippen LogP contribution in [0.2, 0.25) is 0 Å². The molecule has 0 aliphatic carbocycles. The first kappa shape index (κ1) is 15.0. The van der Waals surface area contributed by atoms with Crippen LogP contribution in [-0.4, -0.2) is 33.6 Å². The Bertz CT molecular complexity index is 1080. The summed E-state index contributed by atoms with van der Waals surface area (Å²) < 4.78 is 28.2. The lowest BCUT2D eigenvalue weighted by Crippen LogP contribution is -2.40. The fourth-order valence-electron chi connectivity index (χ4n) is 2.88. The number of fused-ring (bicyclic) bond motifs is 2. The minimum Gasteiger partial charge on any atom is -0.269 e. The number of nitrogens with zero attached hydrogens (tertiary/aromatic N) is 4. The van der Waals surface area contributed by atoms with Crippen LogP contribution in [0, 0.1) is 0 Å². The fourth-order valence-corrected chi connectivity index (χ4v) is 4.25. The molecule has 3 aromatic rings. The number of rotatable bonds is 2. The highest BCUT2D eigenvalue weighted by Gasteiger charge is 2.30. The van der Waals surface area contributed by atoms with Crippen LogP contribution in [0.25, 0.3) is 5.65 Å². The Hall–Kier alpha value is -2.58. The van der Waals surface area contributed by atoms with Crippen LogP contribution in [-0.2, 0) is 23.0 Å². The number of hydrogen-bond donors (Lipinski definition) is 0. The summed E-state index contributed by atoms with van der Waals surface area (Å²) in [6.45, 7) is 0.315. The number of hydrogen-bond acceptors (Lipinski definition) is 5. The van der Waals surface area contributed by atoms with Crippen LogP contribution in [0.3, 0.4) is 0 Å². The third kappa shape index (κ3) is 2.31. The van der Waals surface area contributed by atoms with E-state index in [1.807, 2.05) is 6.07 Å². The summed E-state index contributed by atoms with van der Waals surface area (Å²) in [7, 11) is -3.68. The summed E-state index contributed by atoms with van der Waals surface area (Å²) in [5.41, 5.74) is 1.45. The van der Waals surface area contributed by atoms with Gasteiger partial charge in [-0.1, -0.05) is 6.07 Å². The molecule has 1 aliphatic rings. The maximum Gasteiger partial charge on any atom is 0.262 e. The molecule has 0 bridgehead atoms. The summed E-state index contributed by atoms with van der Waals surface area (Å²) in [4.78, 5) is 21.2. The topological polar surface area (TPSA) is 84.6 Å². The molecule has 0 N–H and O–H groups in total. The first-order valence-electron chi connectivity index (χ1n) is 7.47. The molecular weight excluding hydrogens is 328 g/mol. The first-order chi connectivity index (χ1) is 11.6. The number of aromatic nitrogens is 3. The summed E-state index contributed by atoms with van der Waals surface area (Å²) in [6.07, 6.45) is 4.89. The molecule has 4 rings (SSSR count). The van der Waals surface area contributed by atoms with E-state index in [-0.39, 0.29) is 17.0 Å². The molecule has 8 heteroatoms.